The van der Waals surface area contributed by atoms with E-state index in [0.717, 1.165) is 32.8 Å². The molecule has 2 heterocycles. The first-order chi connectivity index (χ1) is 13.2. The lowest BCUT2D eigenvalue weighted by molar-refractivity contribution is 0.373. The predicted molar refractivity (Wildman–Crippen MR) is 107 cm³/mol. The molecular formula is C20H17N3O3S. The van der Waals surface area contributed by atoms with Gasteiger partial charge in [-0.3, -0.25) is 4.99 Å². The fraction of sp³-hybridized carbons (Fsp3) is 0.100. The van der Waals surface area contributed by atoms with Gasteiger partial charge in [0, 0.05) is 17.8 Å². The van der Waals surface area contributed by atoms with E-state index in [0.29, 0.717) is 5.75 Å². The van der Waals surface area contributed by atoms with Crippen LogP contribution in [0.15, 0.2) is 68.4 Å². The zero-order valence-electron chi connectivity index (χ0n) is 14.8. The second kappa shape index (κ2) is 7.13. The van der Waals surface area contributed by atoms with Crippen LogP contribution in [0, 0.1) is 0 Å². The molecule has 4 aromatic rings. The van der Waals surface area contributed by atoms with Crippen molar-refractivity contribution >= 4 is 28.5 Å². The first-order valence-corrected chi connectivity index (χ1v) is 9.11. The molecule has 0 amide bonds. The van der Waals surface area contributed by atoms with E-state index in [2.05, 4.69) is 10.1 Å². The van der Waals surface area contributed by atoms with Crippen molar-refractivity contribution in [3.63, 3.8) is 0 Å². The molecule has 0 radical (unpaired) electrons. The highest BCUT2D eigenvalue weighted by atomic mass is 32.1. The molecule has 4 rings (SSSR count). The largest absolute Gasteiger partial charge is 0.504 e. The number of aromatic hydroxyl groups is 1. The number of nitrogens with zero attached hydrogens (tertiary/aromatic N) is 3. The van der Waals surface area contributed by atoms with Gasteiger partial charge >= 0.3 is 0 Å². The number of aromatic nitrogens is 1. The summed E-state index contributed by atoms with van der Waals surface area (Å²) >= 11 is 1.48. The van der Waals surface area contributed by atoms with Gasteiger partial charge in [-0.25, -0.2) is 4.68 Å². The fourth-order valence-electron chi connectivity index (χ4n) is 2.74. The lowest BCUT2D eigenvalue weighted by atomic mass is 10.2. The Hall–Kier alpha value is -3.32. The van der Waals surface area contributed by atoms with E-state index in [-0.39, 0.29) is 5.75 Å². The van der Waals surface area contributed by atoms with Crippen molar-refractivity contribution in [3.05, 3.63) is 64.3 Å². The van der Waals surface area contributed by atoms with Gasteiger partial charge in [0.15, 0.2) is 17.3 Å². The number of para-hydroxylation sites is 1. The molecule has 0 atom stereocenters. The van der Waals surface area contributed by atoms with Crippen LogP contribution in [-0.4, -0.2) is 30.2 Å². The average molecular weight is 379 g/mol. The number of hydrogen-bond donors (Lipinski definition) is 1. The van der Waals surface area contributed by atoms with Crippen molar-refractivity contribution in [2.45, 2.75) is 0 Å². The molecular weight excluding hydrogens is 362 g/mol. The van der Waals surface area contributed by atoms with E-state index in [1.165, 1.54) is 18.4 Å². The summed E-state index contributed by atoms with van der Waals surface area (Å²) in [5, 5.41) is 17.3. The molecule has 0 aliphatic rings. The Kier molecular flexibility index (Phi) is 4.52. The zero-order chi connectivity index (χ0) is 18.8. The Balaban J connectivity index is 1.78. The van der Waals surface area contributed by atoms with E-state index in [1.807, 2.05) is 35.7 Å². The van der Waals surface area contributed by atoms with Crippen molar-refractivity contribution < 1.29 is 14.3 Å². The third-order valence-electron chi connectivity index (χ3n) is 4.08. The summed E-state index contributed by atoms with van der Waals surface area (Å²) in [4.78, 5) is 5.04. The van der Waals surface area contributed by atoms with Gasteiger partial charge in [-0.15, -0.1) is 11.3 Å². The molecule has 2 aromatic carbocycles. The summed E-state index contributed by atoms with van der Waals surface area (Å²) in [6, 6.07) is 14.9. The molecule has 0 fully saturated rings. The van der Waals surface area contributed by atoms with E-state index in [9.17, 15) is 5.11 Å². The van der Waals surface area contributed by atoms with Crippen molar-refractivity contribution in [1.29, 1.82) is 0 Å². The van der Waals surface area contributed by atoms with Crippen LogP contribution in [0.5, 0.6) is 11.5 Å². The number of methoxy groups -OCH3 is 1. The van der Waals surface area contributed by atoms with Crippen molar-refractivity contribution in [2.24, 2.45) is 10.1 Å². The Labute approximate surface area is 159 Å². The maximum Gasteiger partial charge on any atom is 0.206 e. The lowest BCUT2D eigenvalue weighted by Crippen LogP contribution is -2.11. The standard InChI is InChI=1S/C20H17N3O3S/c1-21-20-23(22-11-13-7-8-16(24)19(9-13)25-2)15(12-27-20)18-10-14-5-3-4-6-17(14)26-18/h3-12,24H,1-2H3. The van der Waals surface area contributed by atoms with Crippen LogP contribution in [0.25, 0.3) is 22.4 Å². The Bertz CT molecular complexity index is 1170. The van der Waals surface area contributed by atoms with Crippen LogP contribution in [0.1, 0.15) is 5.56 Å². The normalized spacial score (nSPS) is 12.3. The summed E-state index contributed by atoms with van der Waals surface area (Å²) in [6.07, 6.45) is 1.69. The number of rotatable bonds is 4. The van der Waals surface area contributed by atoms with E-state index >= 15 is 0 Å². The maximum atomic E-state index is 9.73. The molecule has 0 saturated carbocycles. The molecule has 27 heavy (non-hydrogen) atoms. The summed E-state index contributed by atoms with van der Waals surface area (Å²) in [6.45, 7) is 0. The highest BCUT2D eigenvalue weighted by Gasteiger charge is 2.12. The highest BCUT2D eigenvalue weighted by Crippen LogP contribution is 2.28. The molecule has 0 bridgehead atoms. The molecule has 136 valence electrons. The van der Waals surface area contributed by atoms with E-state index in [1.54, 1.807) is 36.1 Å². The van der Waals surface area contributed by atoms with Gasteiger partial charge in [0.05, 0.1) is 13.3 Å². The number of fused-ring (bicyclic) bond motifs is 1. The number of ether oxygens (including phenoxy) is 1. The van der Waals surface area contributed by atoms with E-state index < -0.39 is 0 Å². The van der Waals surface area contributed by atoms with Crippen LogP contribution < -0.4 is 9.54 Å². The lowest BCUT2D eigenvalue weighted by Gasteiger charge is -2.04. The van der Waals surface area contributed by atoms with E-state index in [4.69, 9.17) is 9.15 Å². The van der Waals surface area contributed by atoms with Crippen LogP contribution in [0.3, 0.4) is 0 Å². The molecule has 0 aliphatic carbocycles. The minimum Gasteiger partial charge on any atom is -0.504 e. The predicted octanol–water partition coefficient (Wildman–Crippen LogP) is 4.09. The number of hydrogen-bond acceptors (Lipinski definition) is 6. The molecule has 0 unspecified atom stereocenters. The van der Waals surface area contributed by atoms with Gasteiger partial charge in [-0.2, -0.15) is 5.10 Å². The zero-order valence-corrected chi connectivity index (χ0v) is 15.6. The van der Waals surface area contributed by atoms with Crippen LogP contribution >= 0.6 is 11.3 Å². The van der Waals surface area contributed by atoms with Crippen molar-refractivity contribution in [3.8, 4) is 23.0 Å². The average Bonchev–Trinajstić information content (AvgIpc) is 3.30. The summed E-state index contributed by atoms with van der Waals surface area (Å²) in [5.41, 5.74) is 2.44. The molecule has 2 aromatic heterocycles. The molecule has 7 heteroatoms. The smallest absolute Gasteiger partial charge is 0.206 e. The number of phenolic OH excluding ortho intramolecular Hbond substituents is 1. The summed E-state index contributed by atoms with van der Waals surface area (Å²) in [7, 11) is 3.24. The molecule has 0 aliphatic heterocycles. The number of phenols is 1. The Morgan fingerprint density at radius 1 is 1.19 bits per heavy atom. The minimum absolute atomic E-state index is 0.0880. The third-order valence-corrected chi connectivity index (χ3v) is 4.99. The van der Waals surface area contributed by atoms with Crippen molar-refractivity contribution in [1.82, 2.24) is 4.68 Å². The minimum atomic E-state index is 0.0880. The van der Waals surface area contributed by atoms with Crippen LogP contribution in [0.2, 0.25) is 0 Å². The SMILES string of the molecule is CN=c1scc(-c2cc3ccccc3o2)n1N=Cc1ccc(O)c(OC)c1. The molecule has 0 spiro atoms. The van der Waals surface area contributed by atoms with Crippen molar-refractivity contribution in [2.75, 3.05) is 14.2 Å². The highest BCUT2D eigenvalue weighted by molar-refractivity contribution is 7.07. The Morgan fingerprint density at radius 2 is 2.04 bits per heavy atom. The van der Waals surface area contributed by atoms with Gasteiger partial charge in [0.2, 0.25) is 4.80 Å². The van der Waals surface area contributed by atoms with Gasteiger partial charge in [0.25, 0.3) is 0 Å². The van der Waals surface area contributed by atoms with Gasteiger partial charge in [-0.1, -0.05) is 18.2 Å². The molecule has 6 nitrogen and oxygen atoms in total. The second-order valence-electron chi connectivity index (χ2n) is 5.76. The molecule has 0 saturated heterocycles. The van der Waals surface area contributed by atoms with Gasteiger partial charge < -0.3 is 14.3 Å². The third kappa shape index (κ3) is 3.24. The maximum absolute atomic E-state index is 9.73. The van der Waals surface area contributed by atoms with Gasteiger partial charge in [-0.05, 0) is 35.9 Å². The summed E-state index contributed by atoms with van der Waals surface area (Å²) in [5.74, 6) is 1.21. The number of benzene rings is 2. The quantitative estimate of drug-likeness (QED) is 0.543. The fourth-order valence-corrected chi connectivity index (χ4v) is 3.52. The van der Waals surface area contributed by atoms with Gasteiger partial charge in [0.1, 0.15) is 11.3 Å². The Morgan fingerprint density at radius 3 is 2.81 bits per heavy atom. The topological polar surface area (TPSA) is 72.2 Å². The summed E-state index contributed by atoms with van der Waals surface area (Å²) < 4.78 is 12.9. The first-order valence-electron chi connectivity index (χ1n) is 8.23. The van der Waals surface area contributed by atoms with Crippen LogP contribution in [0.4, 0.5) is 0 Å². The molecule has 1 N–H and O–H groups in total. The number of furan rings is 1. The second-order valence-corrected chi connectivity index (χ2v) is 6.60. The monoisotopic (exact) mass is 379 g/mol. The first kappa shape index (κ1) is 17.1. The van der Waals surface area contributed by atoms with Crippen LogP contribution in [-0.2, 0) is 0 Å². The number of thiazole rings is 1.